The summed E-state index contributed by atoms with van der Waals surface area (Å²) >= 11 is 0. The number of aromatic hydroxyl groups is 2. The van der Waals surface area contributed by atoms with Gasteiger partial charge in [-0.05, 0) is 55.7 Å². The number of amides is 1. The maximum Gasteiger partial charge on any atom is 0.275 e. The molecule has 3 rings (SSSR count). The molecule has 0 aliphatic heterocycles. The van der Waals surface area contributed by atoms with Gasteiger partial charge in [0.05, 0.1) is 5.56 Å². The number of benzene rings is 1. The third kappa shape index (κ3) is 2.28. The zero-order valence-electron chi connectivity index (χ0n) is 10.5. The lowest BCUT2D eigenvalue weighted by atomic mass is 9.99. The summed E-state index contributed by atoms with van der Waals surface area (Å²) in [6.45, 7) is 0. The topological polar surface area (TPSA) is 81.9 Å². The SMILES string of the molecule is O=C(N/N=C1\C[C@H]2CC[C@@H]1C2)c1cc(O)ccc1O. The predicted octanol–water partition coefficient (Wildman–Crippen LogP) is 2.00. The van der Waals surface area contributed by atoms with Gasteiger partial charge in [0, 0.05) is 5.71 Å². The quantitative estimate of drug-likeness (QED) is 0.562. The van der Waals surface area contributed by atoms with E-state index < -0.39 is 5.91 Å². The molecule has 0 unspecified atom stereocenters. The Balaban J connectivity index is 1.72. The van der Waals surface area contributed by atoms with Gasteiger partial charge in [0.25, 0.3) is 5.91 Å². The summed E-state index contributed by atoms with van der Waals surface area (Å²) in [5.41, 5.74) is 3.57. The monoisotopic (exact) mass is 260 g/mol. The molecule has 2 fully saturated rings. The number of fused-ring (bicyclic) bond motifs is 2. The van der Waals surface area contributed by atoms with E-state index in [-0.39, 0.29) is 17.1 Å². The van der Waals surface area contributed by atoms with Crippen LogP contribution in [0.1, 0.15) is 36.0 Å². The number of nitrogens with zero attached hydrogens (tertiary/aromatic N) is 1. The molecule has 1 amide bonds. The summed E-state index contributed by atoms with van der Waals surface area (Å²) < 4.78 is 0. The molecule has 0 spiro atoms. The second-order valence-electron chi connectivity index (χ2n) is 5.33. The number of hydrazone groups is 1. The molecule has 0 heterocycles. The van der Waals surface area contributed by atoms with Crippen molar-refractivity contribution in [2.75, 3.05) is 0 Å². The number of carbonyl (C=O) groups excluding carboxylic acids is 1. The first-order valence-electron chi connectivity index (χ1n) is 6.52. The molecule has 0 aromatic heterocycles. The molecule has 2 atom stereocenters. The van der Waals surface area contributed by atoms with Crippen LogP contribution in [0.15, 0.2) is 23.3 Å². The number of phenols is 2. The van der Waals surface area contributed by atoms with E-state index in [2.05, 4.69) is 10.5 Å². The van der Waals surface area contributed by atoms with Crippen molar-refractivity contribution in [1.29, 1.82) is 0 Å². The standard InChI is InChI=1S/C14H16N2O3/c17-10-3-4-13(18)11(7-10)14(19)16-15-12-6-8-1-2-9(12)5-8/h3-4,7-9,17-18H,1-2,5-6H2,(H,16,19)/b15-12+/t8-,9+/m0/s1. The summed E-state index contributed by atoms with van der Waals surface area (Å²) in [7, 11) is 0. The number of hydrogen-bond acceptors (Lipinski definition) is 4. The molecule has 0 saturated heterocycles. The summed E-state index contributed by atoms with van der Waals surface area (Å²) in [6, 6.07) is 3.84. The minimum Gasteiger partial charge on any atom is -0.508 e. The fraction of sp³-hybridized carbons (Fsp3) is 0.429. The van der Waals surface area contributed by atoms with Crippen LogP contribution >= 0.6 is 0 Å². The zero-order valence-corrected chi connectivity index (χ0v) is 10.5. The van der Waals surface area contributed by atoms with E-state index in [1.807, 2.05) is 0 Å². The van der Waals surface area contributed by atoms with Crippen LogP contribution in [0.2, 0.25) is 0 Å². The van der Waals surface area contributed by atoms with E-state index in [1.165, 1.54) is 31.0 Å². The van der Waals surface area contributed by atoms with Gasteiger partial charge < -0.3 is 10.2 Å². The molecule has 100 valence electrons. The molecular weight excluding hydrogens is 244 g/mol. The normalized spacial score (nSPS) is 26.8. The van der Waals surface area contributed by atoms with Gasteiger partial charge in [0.2, 0.25) is 0 Å². The molecule has 2 bridgehead atoms. The molecule has 5 nitrogen and oxygen atoms in total. The van der Waals surface area contributed by atoms with Gasteiger partial charge in [0.1, 0.15) is 11.5 Å². The number of carbonyl (C=O) groups is 1. The average Bonchev–Trinajstić information content (AvgIpc) is 3.01. The molecule has 2 saturated carbocycles. The van der Waals surface area contributed by atoms with Crippen LogP contribution in [0.3, 0.4) is 0 Å². The lowest BCUT2D eigenvalue weighted by Gasteiger charge is -2.12. The fourth-order valence-corrected chi connectivity index (χ4v) is 3.05. The largest absolute Gasteiger partial charge is 0.508 e. The molecule has 5 heteroatoms. The van der Waals surface area contributed by atoms with Crippen LogP contribution in [0.25, 0.3) is 0 Å². The van der Waals surface area contributed by atoms with Crippen LogP contribution in [0.4, 0.5) is 0 Å². The third-order valence-electron chi connectivity index (χ3n) is 4.04. The van der Waals surface area contributed by atoms with Gasteiger partial charge in [-0.15, -0.1) is 0 Å². The Labute approximate surface area is 111 Å². The van der Waals surface area contributed by atoms with Crippen LogP contribution in [0, 0.1) is 11.8 Å². The van der Waals surface area contributed by atoms with Gasteiger partial charge in [-0.2, -0.15) is 5.10 Å². The summed E-state index contributed by atoms with van der Waals surface area (Å²) in [5.74, 6) is 0.528. The number of phenolic OH excluding ortho intramolecular Hbond substituents is 2. The highest BCUT2D eigenvalue weighted by molar-refractivity contribution is 5.98. The van der Waals surface area contributed by atoms with Crippen LogP contribution in [-0.2, 0) is 0 Å². The third-order valence-corrected chi connectivity index (χ3v) is 4.04. The van der Waals surface area contributed by atoms with Gasteiger partial charge in [-0.1, -0.05) is 0 Å². The Morgan fingerprint density at radius 1 is 1.32 bits per heavy atom. The molecule has 2 aliphatic rings. The van der Waals surface area contributed by atoms with Crippen LogP contribution < -0.4 is 5.43 Å². The van der Waals surface area contributed by atoms with Crippen molar-refractivity contribution in [2.45, 2.75) is 25.7 Å². The van der Waals surface area contributed by atoms with E-state index in [9.17, 15) is 15.0 Å². The Morgan fingerprint density at radius 2 is 2.16 bits per heavy atom. The maximum absolute atomic E-state index is 11.9. The van der Waals surface area contributed by atoms with Crippen molar-refractivity contribution >= 4 is 11.6 Å². The molecule has 19 heavy (non-hydrogen) atoms. The van der Waals surface area contributed by atoms with E-state index in [1.54, 1.807) is 0 Å². The maximum atomic E-state index is 11.9. The highest BCUT2D eigenvalue weighted by Gasteiger charge is 2.36. The summed E-state index contributed by atoms with van der Waals surface area (Å²) in [5, 5.41) is 23.1. The minimum absolute atomic E-state index is 0.0347. The highest BCUT2D eigenvalue weighted by atomic mass is 16.3. The second kappa shape index (κ2) is 4.57. The second-order valence-corrected chi connectivity index (χ2v) is 5.33. The number of nitrogens with one attached hydrogen (secondary N) is 1. The first-order valence-corrected chi connectivity index (χ1v) is 6.52. The van der Waals surface area contributed by atoms with Gasteiger partial charge in [-0.25, -0.2) is 5.43 Å². The van der Waals surface area contributed by atoms with E-state index in [0.29, 0.717) is 5.92 Å². The first kappa shape index (κ1) is 12.0. The van der Waals surface area contributed by atoms with Crippen molar-refractivity contribution < 1.29 is 15.0 Å². The van der Waals surface area contributed by atoms with Crippen molar-refractivity contribution in [3.8, 4) is 11.5 Å². The van der Waals surface area contributed by atoms with Crippen LogP contribution in [-0.4, -0.2) is 21.8 Å². The smallest absolute Gasteiger partial charge is 0.275 e. The molecule has 0 radical (unpaired) electrons. The van der Waals surface area contributed by atoms with Crippen LogP contribution in [0.5, 0.6) is 11.5 Å². The lowest BCUT2D eigenvalue weighted by molar-refractivity contribution is 0.0951. The molecular formula is C14H16N2O3. The molecule has 2 aliphatic carbocycles. The number of rotatable bonds is 2. The average molecular weight is 260 g/mol. The van der Waals surface area contributed by atoms with Gasteiger partial charge in [0.15, 0.2) is 0 Å². The number of hydrogen-bond donors (Lipinski definition) is 3. The Kier molecular flexibility index (Phi) is 2.89. The van der Waals surface area contributed by atoms with Gasteiger partial charge in [-0.3, -0.25) is 4.79 Å². The Bertz CT molecular complexity index is 554. The minimum atomic E-state index is -0.497. The molecule has 1 aromatic rings. The van der Waals surface area contributed by atoms with Crippen molar-refractivity contribution in [2.24, 2.45) is 16.9 Å². The van der Waals surface area contributed by atoms with Crippen molar-refractivity contribution in [3.63, 3.8) is 0 Å². The Morgan fingerprint density at radius 3 is 2.84 bits per heavy atom. The Hall–Kier alpha value is -2.04. The predicted molar refractivity (Wildman–Crippen MR) is 70.1 cm³/mol. The van der Waals surface area contributed by atoms with E-state index >= 15 is 0 Å². The first-order chi connectivity index (χ1) is 9.13. The van der Waals surface area contributed by atoms with Gasteiger partial charge >= 0.3 is 0 Å². The van der Waals surface area contributed by atoms with E-state index in [4.69, 9.17) is 0 Å². The highest BCUT2D eigenvalue weighted by Crippen LogP contribution is 2.42. The molecule has 1 aromatic carbocycles. The fourth-order valence-electron chi connectivity index (χ4n) is 3.05. The summed E-state index contributed by atoms with van der Waals surface area (Å²) in [6.07, 6.45) is 4.59. The van der Waals surface area contributed by atoms with Crippen molar-refractivity contribution in [3.05, 3.63) is 23.8 Å². The lowest BCUT2D eigenvalue weighted by Crippen LogP contribution is -2.22. The summed E-state index contributed by atoms with van der Waals surface area (Å²) in [4.78, 5) is 11.9. The van der Waals surface area contributed by atoms with Crippen molar-refractivity contribution in [1.82, 2.24) is 5.43 Å². The van der Waals surface area contributed by atoms with E-state index in [0.717, 1.165) is 24.5 Å². The zero-order chi connectivity index (χ0) is 13.4. The molecule has 3 N–H and O–H groups in total.